The van der Waals surface area contributed by atoms with Crippen LogP contribution < -0.4 is 11.3 Å². The van der Waals surface area contributed by atoms with Crippen molar-refractivity contribution >= 4 is 0 Å². The molecule has 106 valence electrons. The Balaban J connectivity index is 1.85. The van der Waals surface area contributed by atoms with E-state index in [4.69, 9.17) is 5.84 Å². The normalized spacial score (nSPS) is 25.2. The number of pyridine rings is 1. The molecule has 1 heterocycles. The van der Waals surface area contributed by atoms with Crippen LogP contribution >= 0.6 is 0 Å². The van der Waals surface area contributed by atoms with Crippen molar-refractivity contribution in [2.45, 2.75) is 57.9 Å². The standard InChI is InChI=1S/C16H27N3/c1-2-3-13-4-6-15(7-5-13)16(19-17)12-14-8-10-18-11-9-14/h8-11,13,15-16,19H,2-7,12,17H2,1H3. The number of hydrazine groups is 1. The Morgan fingerprint density at radius 3 is 2.53 bits per heavy atom. The molecule has 1 aromatic rings. The molecule has 0 spiro atoms. The SMILES string of the molecule is CCCC1CCC(C(Cc2ccncc2)NN)CC1. The lowest BCUT2D eigenvalue weighted by Gasteiger charge is -2.33. The van der Waals surface area contributed by atoms with Gasteiger partial charge in [0, 0.05) is 18.4 Å². The molecule has 1 aromatic heterocycles. The molecule has 0 aromatic carbocycles. The van der Waals surface area contributed by atoms with Crippen LogP contribution in [0.4, 0.5) is 0 Å². The van der Waals surface area contributed by atoms with Gasteiger partial charge in [0.05, 0.1) is 0 Å². The maximum absolute atomic E-state index is 5.78. The molecule has 1 fully saturated rings. The lowest BCUT2D eigenvalue weighted by atomic mass is 9.76. The average molecular weight is 261 g/mol. The Hall–Kier alpha value is -0.930. The Bertz CT molecular complexity index is 344. The molecule has 1 unspecified atom stereocenters. The van der Waals surface area contributed by atoms with Gasteiger partial charge in [0.2, 0.25) is 0 Å². The third-order valence-electron chi connectivity index (χ3n) is 4.58. The zero-order valence-electron chi connectivity index (χ0n) is 12.0. The molecule has 1 saturated carbocycles. The third-order valence-corrected chi connectivity index (χ3v) is 4.58. The fourth-order valence-corrected chi connectivity index (χ4v) is 3.42. The molecule has 1 atom stereocenters. The van der Waals surface area contributed by atoms with E-state index in [1.165, 1.54) is 44.1 Å². The summed E-state index contributed by atoms with van der Waals surface area (Å²) in [7, 11) is 0. The Kier molecular flexibility index (Phi) is 5.80. The topological polar surface area (TPSA) is 50.9 Å². The zero-order valence-corrected chi connectivity index (χ0v) is 12.0. The minimum absolute atomic E-state index is 0.407. The molecular weight excluding hydrogens is 234 g/mol. The van der Waals surface area contributed by atoms with Gasteiger partial charge in [-0.1, -0.05) is 32.6 Å². The van der Waals surface area contributed by atoms with Crippen molar-refractivity contribution in [1.29, 1.82) is 0 Å². The minimum Gasteiger partial charge on any atom is -0.271 e. The summed E-state index contributed by atoms with van der Waals surface area (Å²) in [5.74, 6) is 7.47. The predicted octanol–water partition coefficient (Wildman–Crippen LogP) is 3.06. The fourth-order valence-electron chi connectivity index (χ4n) is 3.42. The number of nitrogens with zero attached hydrogens (tertiary/aromatic N) is 1. The number of rotatable bonds is 6. The second-order valence-corrected chi connectivity index (χ2v) is 5.90. The first kappa shape index (κ1) is 14.5. The second-order valence-electron chi connectivity index (χ2n) is 5.90. The van der Waals surface area contributed by atoms with Gasteiger partial charge in [-0.3, -0.25) is 16.3 Å². The van der Waals surface area contributed by atoms with E-state index in [1.807, 2.05) is 12.4 Å². The first-order valence-electron chi connectivity index (χ1n) is 7.68. The third kappa shape index (κ3) is 4.29. The maximum atomic E-state index is 5.78. The van der Waals surface area contributed by atoms with E-state index in [0.29, 0.717) is 6.04 Å². The number of aromatic nitrogens is 1. The monoisotopic (exact) mass is 261 g/mol. The highest BCUT2D eigenvalue weighted by molar-refractivity contribution is 5.11. The molecule has 1 aliphatic rings. The van der Waals surface area contributed by atoms with Crippen LogP contribution in [0.3, 0.4) is 0 Å². The van der Waals surface area contributed by atoms with E-state index >= 15 is 0 Å². The van der Waals surface area contributed by atoms with E-state index in [9.17, 15) is 0 Å². The molecule has 1 aliphatic carbocycles. The van der Waals surface area contributed by atoms with Gasteiger partial charge >= 0.3 is 0 Å². The highest BCUT2D eigenvalue weighted by Crippen LogP contribution is 2.33. The summed E-state index contributed by atoms with van der Waals surface area (Å²) in [5, 5.41) is 0. The van der Waals surface area contributed by atoms with Crippen molar-refractivity contribution in [3.63, 3.8) is 0 Å². The van der Waals surface area contributed by atoms with Crippen molar-refractivity contribution in [3.8, 4) is 0 Å². The van der Waals surface area contributed by atoms with Crippen LogP contribution in [-0.2, 0) is 6.42 Å². The quantitative estimate of drug-likeness (QED) is 0.611. The molecule has 2 rings (SSSR count). The maximum Gasteiger partial charge on any atom is 0.0279 e. The van der Waals surface area contributed by atoms with Gasteiger partial charge in [-0.2, -0.15) is 0 Å². The van der Waals surface area contributed by atoms with Crippen molar-refractivity contribution in [1.82, 2.24) is 10.4 Å². The van der Waals surface area contributed by atoms with Gasteiger partial charge in [0.25, 0.3) is 0 Å². The lowest BCUT2D eigenvalue weighted by molar-refractivity contribution is 0.213. The molecule has 0 aliphatic heterocycles. The van der Waals surface area contributed by atoms with E-state index < -0.39 is 0 Å². The van der Waals surface area contributed by atoms with E-state index in [1.54, 1.807) is 0 Å². The van der Waals surface area contributed by atoms with Crippen LogP contribution in [-0.4, -0.2) is 11.0 Å². The number of nitrogens with one attached hydrogen (secondary N) is 1. The Morgan fingerprint density at radius 2 is 1.95 bits per heavy atom. The van der Waals surface area contributed by atoms with Crippen LogP contribution in [0, 0.1) is 11.8 Å². The van der Waals surface area contributed by atoms with Crippen LogP contribution in [0.15, 0.2) is 24.5 Å². The van der Waals surface area contributed by atoms with Crippen molar-refractivity contribution in [2.24, 2.45) is 17.7 Å². The van der Waals surface area contributed by atoms with Gasteiger partial charge in [-0.15, -0.1) is 0 Å². The van der Waals surface area contributed by atoms with Crippen LogP contribution in [0.25, 0.3) is 0 Å². The molecule has 0 radical (unpaired) electrons. The molecule has 0 amide bonds. The molecule has 3 nitrogen and oxygen atoms in total. The summed E-state index contributed by atoms with van der Waals surface area (Å²) in [6, 6.07) is 4.59. The van der Waals surface area contributed by atoms with Crippen molar-refractivity contribution in [2.75, 3.05) is 0 Å². The Morgan fingerprint density at radius 1 is 1.26 bits per heavy atom. The summed E-state index contributed by atoms with van der Waals surface area (Å²) in [4.78, 5) is 4.07. The molecule has 0 saturated heterocycles. The van der Waals surface area contributed by atoms with Crippen molar-refractivity contribution < 1.29 is 0 Å². The van der Waals surface area contributed by atoms with E-state index in [0.717, 1.165) is 18.3 Å². The first-order chi connectivity index (χ1) is 9.33. The van der Waals surface area contributed by atoms with Gasteiger partial charge in [-0.05, 0) is 48.8 Å². The van der Waals surface area contributed by atoms with Gasteiger partial charge in [0.1, 0.15) is 0 Å². The van der Waals surface area contributed by atoms with Gasteiger partial charge in [0.15, 0.2) is 0 Å². The molecule has 19 heavy (non-hydrogen) atoms. The van der Waals surface area contributed by atoms with Crippen LogP contribution in [0.1, 0.15) is 51.0 Å². The fraction of sp³-hybridized carbons (Fsp3) is 0.688. The zero-order chi connectivity index (χ0) is 13.5. The highest BCUT2D eigenvalue weighted by atomic mass is 15.2. The summed E-state index contributed by atoms with van der Waals surface area (Å²) in [5.41, 5.74) is 4.37. The largest absolute Gasteiger partial charge is 0.271 e. The Labute approximate surface area is 117 Å². The highest BCUT2D eigenvalue weighted by Gasteiger charge is 2.26. The number of hydrogen-bond acceptors (Lipinski definition) is 3. The minimum atomic E-state index is 0.407. The van der Waals surface area contributed by atoms with Gasteiger partial charge in [-0.25, -0.2) is 0 Å². The average Bonchev–Trinajstić information content (AvgIpc) is 2.47. The summed E-state index contributed by atoms with van der Waals surface area (Å²) in [6.07, 6.45) is 12.9. The first-order valence-corrected chi connectivity index (χ1v) is 7.68. The van der Waals surface area contributed by atoms with E-state index in [2.05, 4.69) is 29.5 Å². The van der Waals surface area contributed by atoms with E-state index in [-0.39, 0.29) is 0 Å². The van der Waals surface area contributed by atoms with Gasteiger partial charge < -0.3 is 0 Å². The van der Waals surface area contributed by atoms with Crippen LogP contribution in [0.2, 0.25) is 0 Å². The van der Waals surface area contributed by atoms with Crippen LogP contribution in [0.5, 0.6) is 0 Å². The molecular formula is C16H27N3. The lowest BCUT2D eigenvalue weighted by Crippen LogP contribution is -2.43. The predicted molar refractivity (Wildman–Crippen MR) is 79.4 cm³/mol. The number of hydrogen-bond donors (Lipinski definition) is 2. The molecule has 3 N–H and O–H groups in total. The molecule has 0 bridgehead atoms. The summed E-state index contributed by atoms with van der Waals surface area (Å²) in [6.45, 7) is 2.29. The van der Waals surface area contributed by atoms with Crippen molar-refractivity contribution in [3.05, 3.63) is 30.1 Å². The molecule has 3 heteroatoms. The second kappa shape index (κ2) is 7.61. The smallest absolute Gasteiger partial charge is 0.0279 e. The number of nitrogens with two attached hydrogens (primary N) is 1. The summed E-state index contributed by atoms with van der Waals surface area (Å²) < 4.78 is 0. The summed E-state index contributed by atoms with van der Waals surface area (Å²) >= 11 is 0.